The van der Waals surface area contributed by atoms with Crippen molar-refractivity contribution in [2.75, 3.05) is 19.6 Å². The summed E-state index contributed by atoms with van der Waals surface area (Å²) in [7, 11) is 0. The van der Waals surface area contributed by atoms with E-state index in [1.165, 1.54) is 0 Å². The van der Waals surface area contributed by atoms with Crippen molar-refractivity contribution in [3.05, 3.63) is 16.1 Å². The number of nitrogens with one attached hydrogen (secondary N) is 1. The van der Waals surface area contributed by atoms with Gasteiger partial charge < -0.3 is 15.3 Å². The van der Waals surface area contributed by atoms with Crippen molar-refractivity contribution < 1.29 is 14.7 Å². The molecule has 0 saturated carbocycles. The molecule has 1 fully saturated rings. The molecule has 1 aromatic rings. The monoisotopic (exact) mass is 311 g/mol. The van der Waals surface area contributed by atoms with E-state index in [1.54, 1.807) is 16.2 Å². The number of rotatable bonds is 5. The molecule has 1 aliphatic heterocycles. The van der Waals surface area contributed by atoms with Crippen LogP contribution in [0.15, 0.2) is 5.38 Å². The van der Waals surface area contributed by atoms with Gasteiger partial charge in [-0.05, 0) is 19.8 Å². The number of carboxylic acid groups (broad SMARTS) is 1. The summed E-state index contributed by atoms with van der Waals surface area (Å²) in [4.78, 5) is 29.4. The second-order valence-corrected chi connectivity index (χ2v) is 6.42. The van der Waals surface area contributed by atoms with Crippen LogP contribution in [0, 0.1) is 12.3 Å². The van der Waals surface area contributed by atoms with Crippen LogP contribution in [0.2, 0.25) is 0 Å². The molecule has 1 atom stereocenters. The van der Waals surface area contributed by atoms with Gasteiger partial charge in [-0.15, -0.1) is 11.3 Å². The summed E-state index contributed by atoms with van der Waals surface area (Å²) >= 11 is 1.59. The van der Waals surface area contributed by atoms with Crippen LogP contribution in [0.1, 0.15) is 30.5 Å². The number of nitrogens with zero attached hydrogens (tertiary/aromatic N) is 2. The first kappa shape index (κ1) is 15.8. The van der Waals surface area contributed by atoms with Crippen LogP contribution in [-0.4, -0.2) is 46.6 Å². The van der Waals surface area contributed by atoms with Gasteiger partial charge in [-0.3, -0.25) is 4.79 Å². The van der Waals surface area contributed by atoms with E-state index >= 15 is 0 Å². The Kier molecular flexibility index (Phi) is 4.82. The first-order chi connectivity index (χ1) is 9.97. The predicted octanol–water partition coefficient (Wildman–Crippen LogP) is 1.89. The summed E-state index contributed by atoms with van der Waals surface area (Å²) in [6, 6.07) is -0.181. The fraction of sp³-hybridized carbons (Fsp3) is 0.643. The summed E-state index contributed by atoms with van der Waals surface area (Å²) in [5.41, 5.74) is 0.221. The highest BCUT2D eigenvalue weighted by Crippen LogP contribution is 2.34. The first-order valence-electron chi connectivity index (χ1n) is 7.14. The summed E-state index contributed by atoms with van der Waals surface area (Å²) < 4.78 is 0. The van der Waals surface area contributed by atoms with Crippen LogP contribution in [0.25, 0.3) is 0 Å². The molecule has 2 heterocycles. The van der Waals surface area contributed by atoms with E-state index in [2.05, 4.69) is 10.3 Å². The zero-order valence-corrected chi connectivity index (χ0v) is 13.2. The van der Waals surface area contributed by atoms with Gasteiger partial charge in [-0.25, -0.2) is 9.78 Å². The molecule has 2 N–H and O–H groups in total. The first-order valence-corrected chi connectivity index (χ1v) is 8.02. The van der Waals surface area contributed by atoms with Gasteiger partial charge in [0, 0.05) is 37.1 Å². The summed E-state index contributed by atoms with van der Waals surface area (Å²) in [6.45, 7) is 5.12. The molecular formula is C14H21N3O3S. The van der Waals surface area contributed by atoms with Gasteiger partial charge in [0.15, 0.2) is 0 Å². The third-order valence-electron chi connectivity index (χ3n) is 4.05. The molecule has 1 aromatic heterocycles. The Hall–Kier alpha value is -1.63. The SMILES string of the molecule is CCC1(C(=O)O)CCN(C(=O)NCCc2nc(C)cs2)C1. The van der Waals surface area contributed by atoms with Gasteiger partial charge in [-0.2, -0.15) is 0 Å². The molecule has 2 rings (SSSR count). The molecule has 0 bridgehead atoms. The highest BCUT2D eigenvalue weighted by atomic mass is 32.1. The van der Waals surface area contributed by atoms with Gasteiger partial charge in [-0.1, -0.05) is 6.92 Å². The number of urea groups is 1. The number of hydrogen-bond donors (Lipinski definition) is 2. The van der Waals surface area contributed by atoms with E-state index in [1.807, 2.05) is 19.2 Å². The normalized spacial score (nSPS) is 21.5. The quantitative estimate of drug-likeness (QED) is 0.870. The lowest BCUT2D eigenvalue weighted by molar-refractivity contribution is -0.148. The number of aromatic nitrogens is 1. The molecule has 1 saturated heterocycles. The summed E-state index contributed by atoms with van der Waals surface area (Å²) in [5, 5.41) is 15.2. The van der Waals surface area contributed by atoms with E-state index in [0.29, 0.717) is 38.9 Å². The van der Waals surface area contributed by atoms with E-state index < -0.39 is 11.4 Å². The molecule has 7 heteroatoms. The predicted molar refractivity (Wildman–Crippen MR) is 80.5 cm³/mol. The average molecular weight is 311 g/mol. The highest BCUT2D eigenvalue weighted by Gasteiger charge is 2.44. The summed E-state index contributed by atoms with van der Waals surface area (Å²) in [5.74, 6) is -0.807. The Bertz CT molecular complexity index is 531. The van der Waals surface area contributed by atoms with Crippen molar-refractivity contribution in [2.45, 2.75) is 33.1 Å². The molecule has 0 spiro atoms. The molecule has 1 unspecified atom stereocenters. The second-order valence-electron chi connectivity index (χ2n) is 5.48. The molecule has 6 nitrogen and oxygen atoms in total. The van der Waals surface area contributed by atoms with Crippen LogP contribution in [-0.2, 0) is 11.2 Å². The maximum Gasteiger partial charge on any atom is 0.317 e. The Morgan fingerprint density at radius 2 is 2.33 bits per heavy atom. The van der Waals surface area contributed by atoms with Crippen LogP contribution in [0.4, 0.5) is 4.79 Å². The minimum atomic E-state index is -0.807. The zero-order valence-electron chi connectivity index (χ0n) is 12.4. The minimum absolute atomic E-state index is 0.181. The highest BCUT2D eigenvalue weighted by molar-refractivity contribution is 7.09. The average Bonchev–Trinajstić information content (AvgIpc) is 3.06. The number of aliphatic carboxylic acids is 1. The van der Waals surface area contributed by atoms with E-state index in [0.717, 1.165) is 10.7 Å². The standard InChI is InChI=1S/C14H21N3O3S/c1-3-14(12(18)19)5-7-17(9-14)13(20)15-6-4-11-16-10(2)8-21-11/h8H,3-7,9H2,1-2H3,(H,15,20)(H,18,19). The number of carbonyl (C=O) groups excluding carboxylic acids is 1. The smallest absolute Gasteiger partial charge is 0.317 e. The van der Waals surface area contributed by atoms with Crippen LogP contribution < -0.4 is 5.32 Å². The lowest BCUT2D eigenvalue weighted by atomic mass is 9.84. The van der Waals surface area contributed by atoms with Crippen molar-refractivity contribution in [3.8, 4) is 0 Å². The zero-order chi connectivity index (χ0) is 15.5. The molecule has 21 heavy (non-hydrogen) atoms. The maximum absolute atomic E-state index is 12.1. The van der Waals surface area contributed by atoms with E-state index in [-0.39, 0.29) is 6.03 Å². The molecule has 0 radical (unpaired) electrons. The van der Waals surface area contributed by atoms with Gasteiger partial charge in [0.1, 0.15) is 0 Å². The number of carbonyl (C=O) groups is 2. The number of carboxylic acids is 1. The number of aryl methyl sites for hydroxylation is 1. The molecular weight excluding hydrogens is 290 g/mol. The largest absolute Gasteiger partial charge is 0.481 e. The Morgan fingerprint density at radius 3 is 2.86 bits per heavy atom. The van der Waals surface area contributed by atoms with Crippen LogP contribution >= 0.6 is 11.3 Å². The fourth-order valence-corrected chi connectivity index (χ4v) is 3.34. The summed E-state index contributed by atoms with van der Waals surface area (Å²) in [6.07, 6.45) is 1.78. The molecule has 116 valence electrons. The molecule has 0 aliphatic carbocycles. The third-order valence-corrected chi connectivity index (χ3v) is 5.08. The van der Waals surface area contributed by atoms with Gasteiger partial charge in [0.05, 0.1) is 10.4 Å². The van der Waals surface area contributed by atoms with Gasteiger partial charge in [0.25, 0.3) is 0 Å². The maximum atomic E-state index is 12.1. The van der Waals surface area contributed by atoms with E-state index in [9.17, 15) is 14.7 Å². The number of thiazole rings is 1. The van der Waals surface area contributed by atoms with E-state index in [4.69, 9.17) is 0 Å². The van der Waals surface area contributed by atoms with Gasteiger partial charge >= 0.3 is 12.0 Å². The molecule has 1 aliphatic rings. The lowest BCUT2D eigenvalue weighted by Gasteiger charge is -2.23. The van der Waals surface area contributed by atoms with Crippen molar-refractivity contribution >= 4 is 23.3 Å². The van der Waals surface area contributed by atoms with Crippen molar-refractivity contribution in [3.63, 3.8) is 0 Å². The molecule has 2 amide bonds. The van der Waals surface area contributed by atoms with Crippen LogP contribution in [0.3, 0.4) is 0 Å². The second kappa shape index (κ2) is 6.43. The number of amides is 2. The Morgan fingerprint density at radius 1 is 1.57 bits per heavy atom. The Labute approximate surface area is 128 Å². The number of likely N-dealkylation sites (tertiary alicyclic amines) is 1. The fourth-order valence-electron chi connectivity index (χ4n) is 2.57. The minimum Gasteiger partial charge on any atom is -0.481 e. The number of hydrogen-bond acceptors (Lipinski definition) is 4. The topological polar surface area (TPSA) is 82.5 Å². The third kappa shape index (κ3) is 3.53. The van der Waals surface area contributed by atoms with Crippen molar-refractivity contribution in [2.24, 2.45) is 5.41 Å². The molecule has 0 aromatic carbocycles. The van der Waals surface area contributed by atoms with Crippen LogP contribution in [0.5, 0.6) is 0 Å². The van der Waals surface area contributed by atoms with Gasteiger partial charge in [0.2, 0.25) is 0 Å². The Balaban J connectivity index is 1.80. The van der Waals surface area contributed by atoms with Crippen molar-refractivity contribution in [1.82, 2.24) is 15.2 Å². The van der Waals surface area contributed by atoms with Crippen molar-refractivity contribution in [1.29, 1.82) is 0 Å². The lowest BCUT2D eigenvalue weighted by Crippen LogP contribution is -2.42.